The highest BCUT2D eigenvalue weighted by molar-refractivity contribution is 5.39. The van der Waals surface area contributed by atoms with Crippen LogP contribution in [0.4, 0.5) is 0 Å². The molecule has 0 unspecified atom stereocenters. The van der Waals surface area contributed by atoms with E-state index in [4.69, 9.17) is 10.5 Å². The van der Waals surface area contributed by atoms with Crippen LogP contribution in [0.15, 0.2) is 18.2 Å². The predicted octanol–water partition coefficient (Wildman–Crippen LogP) is 2.67. The second-order valence-electron chi connectivity index (χ2n) is 3.66. The maximum absolute atomic E-state index is 5.60. The van der Waals surface area contributed by atoms with Crippen molar-refractivity contribution in [2.75, 3.05) is 6.61 Å². The molecule has 0 aliphatic rings. The fraction of sp³-hybridized carbons (Fsp3) is 0.500. The van der Waals surface area contributed by atoms with Crippen molar-refractivity contribution in [2.24, 2.45) is 5.73 Å². The molecule has 0 saturated carbocycles. The molecule has 14 heavy (non-hydrogen) atoms. The normalized spacial score (nSPS) is 10.6. The molecular formula is C12H19NO. The van der Waals surface area contributed by atoms with E-state index >= 15 is 0 Å². The zero-order valence-electron chi connectivity index (χ0n) is 9.21. The molecule has 0 amide bonds. The largest absolute Gasteiger partial charge is 0.494 e. The zero-order valence-corrected chi connectivity index (χ0v) is 9.21. The third-order valence-electron chi connectivity index (χ3n) is 2.23. The molecule has 0 radical (unpaired) electrons. The van der Waals surface area contributed by atoms with Gasteiger partial charge in [-0.1, -0.05) is 26.0 Å². The Labute approximate surface area is 86.1 Å². The molecule has 0 heterocycles. The number of benzene rings is 1. The van der Waals surface area contributed by atoms with Gasteiger partial charge in [0.2, 0.25) is 0 Å². The van der Waals surface area contributed by atoms with Crippen molar-refractivity contribution < 1.29 is 4.74 Å². The molecule has 2 nitrogen and oxygen atoms in total. The van der Waals surface area contributed by atoms with Crippen LogP contribution in [0.5, 0.6) is 5.75 Å². The van der Waals surface area contributed by atoms with Crippen LogP contribution in [-0.2, 0) is 6.54 Å². The Balaban J connectivity index is 3.03. The molecule has 0 aromatic heterocycles. The van der Waals surface area contributed by atoms with E-state index in [-0.39, 0.29) is 0 Å². The van der Waals surface area contributed by atoms with E-state index in [0.29, 0.717) is 19.1 Å². The highest BCUT2D eigenvalue weighted by Gasteiger charge is 2.07. The van der Waals surface area contributed by atoms with Gasteiger partial charge >= 0.3 is 0 Å². The lowest BCUT2D eigenvalue weighted by Gasteiger charge is -2.14. The Bertz CT molecular complexity index is 294. The van der Waals surface area contributed by atoms with Crippen LogP contribution in [0.1, 0.15) is 37.8 Å². The van der Waals surface area contributed by atoms with Crippen LogP contribution in [0.3, 0.4) is 0 Å². The van der Waals surface area contributed by atoms with Gasteiger partial charge in [0.05, 0.1) is 6.61 Å². The summed E-state index contributed by atoms with van der Waals surface area (Å²) in [5, 5.41) is 0. The average Bonchev–Trinajstić information content (AvgIpc) is 2.18. The first-order chi connectivity index (χ1) is 6.69. The van der Waals surface area contributed by atoms with E-state index in [9.17, 15) is 0 Å². The fourth-order valence-corrected chi connectivity index (χ4v) is 1.46. The Hall–Kier alpha value is -1.02. The Kier molecular flexibility index (Phi) is 3.96. The third kappa shape index (κ3) is 2.48. The number of hydrogen-bond acceptors (Lipinski definition) is 2. The van der Waals surface area contributed by atoms with Gasteiger partial charge in [-0.2, -0.15) is 0 Å². The molecule has 0 fully saturated rings. The van der Waals surface area contributed by atoms with Gasteiger partial charge in [0.25, 0.3) is 0 Å². The first-order valence-electron chi connectivity index (χ1n) is 5.14. The highest BCUT2D eigenvalue weighted by Crippen LogP contribution is 2.27. The van der Waals surface area contributed by atoms with Crippen molar-refractivity contribution in [3.63, 3.8) is 0 Å². The zero-order chi connectivity index (χ0) is 10.6. The maximum Gasteiger partial charge on any atom is 0.122 e. The molecule has 2 heteroatoms. The van der Waals surface area contributed by atoms with Gasteiger partial charge in [0.1, 0.15) is 5.75 Å². The van der Waals surface area contributed by atoms with Gasteiger partial charge in [-0.15, -0.1) is 0 Å². The summed E-state index contributed by atoms with van der Waals surface area (Å²) in [5.74, 6) is 1.46. The molecule has 2 N–H and O–H groups in total. The lowest BCUT2D eigenvalue weighted by molar-refractivity contribution is 0.335. The Morgan fingerprint density at radius 3 is 2.57 bits per heavy atom. The minimum absolute atomic E-state index is 0.475. The van der Waals surface area contributed by atoms with E-state index in [1.807, 2.05) is 19.1 Å². The van der Waals surface area contributed by atoms with Crippen molar-refractivity contribution in [2.45, 2.75) is 33.2 Å². The Morgan fingerprint density at radius 1 is 1.36 bits per heavy atom. The topological polar surface area (TPSA) is 35.2 Å². The van der Waals surface area contributed by atoms with Crippen molar-refractivity contribution in [3.05, 3.63) is 29.3 Å². The fourth-order valence-electron chi connectivity index (χ4n) is 1.46. The lowest BCUT2D eigenvalue weighted by Crippen LogP contribution is -2.02. The van der Waals surface area contributed by atoms with Crippen LogP contribution >= 0.6 is 0 Å². The lowest BCUT2D eigenvalue weighted by atomic mass is 9.99. The summed E-state index contributed by atoms with van der Waals surface area (Å²) >= 11 is 0. The standard InChI is InChI=1S/C12H19NO/c1-4-14-12-6-5-10(8-13)7-11(12)9(2)3/h5-7,9H,4,8,13H2,1-3H3. The molecule has 1 aromatic rings. The van der Waals surface area contributed by atoms with E-state index in [0.717, 1.165) is 11.3 Å². The van der Waals surface area contributed by atoms with Crippen molar-refractivity contribution in [1.29, 1.82) is 0 Å². The maximum atomic E-state index is 5.60. The molecule has 0 aliphatic heterocycles. The predicted molar refractivity (Wildman–Crippen MR) is 59.6 cm³/mol. The SMILES string of the molecule is CCOc1ccc(CN)cc1C(C)C. The molecule has 0 aliphatic carbocycles. The summed E-state index contributed by atoms with van der Waals surface area (Å²) in [6.07, 6.45) is 0. The van der Waals surface area contributed by atoms with Crippen LogP contribution in [0.25, 0.3) is 0 Å². The molecule has 1 aromatic carbocycles. The van der Waals surface area contributed by atoms with Crippen molar-refractivity contribution >= 4 is 0 Å². The summed E-state index contributed by atoms with van der Waals surface area (Å²) in [7, 11) is 0. The molecule has 1 rings (SSSR count). The summed E-state index contributed by atoms with van der Waals surface area (Å²) < 4.78 is 5.56. The van der Waals surface area contributed by atoms with Gasteiger partial charge in [-0.25, -0.2) is 0 Å². The molecule has 0 bridgehead atoms. The molecule has 0 spiro atoms. The van der Waals surface area contributed by atoms with Gasteiger partial charge < -0.3 is 10.5 Å². The van der Waals surface area contributed by atoms with Gasteiger partial charge in [-0.3, -0.25) is 0 Å². The Morgan fingerprint density at radius 2 is 2.07 bits per heavy atom. The van der Waals surface area contributed by atoms with Crippen molar-refractivity contribution in [1.82, 2.24) is 0 Å². The summed E-state index contributed by atoms with van der Waals surface area (Å²) in [5.41, 5.74) is 8.01. The van der Waals surface area contributed by atoms with Crippen LogP contribution in [-0.4, -0.2) is 6.61 Å². The first kappa shape index (κ1) is 11.1. The quantitative estimate of drug-likeness (QED) is 0.798. The van der Waals surface area contributed by atoms with Gasteiger partial charge in [0.15, 0.2) is 0 Å². The van der Waals surface area contributed by atoms with Crippen LogP contribution in [0, 0.1) is 0 Å². The van der Waals surface area contributed by atoms with E-state index in [1.165, 1.54) is 5.56 Å². The van der Waals surface area contributed by atoms with Gasteiger partial charge in [0, 0.05) is 6.54 Å². The minimum Gasteiger partial charge on any atom is -0.494 e. The average molecular weight is 193 g/mol. The minimum atomic E-state index is 0.475. The second kappa shape index (κ2) is 5.01. The number of nitrogens with two attached hydrogens (primary N) is 1. The van der Waals surface area contributed by atoms with E-state index in [1.54, 1.807) is 0 Å². The van der Waals surface area contributed by atoms with E-state index < -0.39 is 0 Å². The smallest absolute Gasteiger partial charge is 0.122 e. The number of hydrogen-bond donors (Lipinski definition) is 1. The van der Waals surface area contributed by atoms with Crippen molar-refractivity contribution in [3.8, 4) is 5.75 Å². The summed E-state index contributed by atoms with van der Waals surface area (Å²) in [6.45, 7) is 7.63. The number of ether oxygens (including phenoxy) is 1. The summed E-state index contributed by atoms with van der Waals surface area (Å²) in [6, 6.07) is 6.17. The molecular weight excluding hydrogens is 174 g/mol. The highest BCUT2D eigenvalue weighted by atomic mass is 16.5. The first-order valence-corrected chi connectivity index (χ1v) is 5.14. The van der Waals surface area contributed by atoms with E-state index in [2.05, 4.69) is 19.9 Å². The van der Waals surface area contributed by atoms with Gasteiger partial charge in [-0.05, 0) is 30.0 Å². The summed E-state index contributed by atoms with van der Waals surface area (Å²) in [4.78, 5) is 0. The molecule has 78 valence electrons. The van der Waals surface area contributed by atoms with Crippen LogP contribution in [0.2, 0.25) is 0 Å². The van der Waals surface area contributed by atoms with Crippen LogP contribution < -0.4 is 10.5 Å². The third-order valence-corrected chi connectivity index (χ3v) is 2.23. The second-order valence-corrected chi connectivity index (χ2v) is 3.66. The monoisotopic (exact) mass is 193 g/mol. The molecule has 0 saturated heterocycles. The number of rotatable bonds is 4. The molecule has 0 atom stereocenters.